The van der Waals surface area contributed by atoms with Crippen LogP contribution < -0.4 is 20.8 Å². The fraction of sp³-hybridized carbons (Fsp3) is 0.143. The van der Waals surface area contributed by atoms with E-state index in [1.54, 1.807) is 25.3 Å². The van der Waals surface area contributed by atoms with Crippen LogP contribution in [0.15, 0.2) is 87.4 Å². The van der Waals surface area contributed by atoms with Gasteiger partial charge in [-0.15, -0.1) is 0 Å². The molecule has 35 heavy (non-hydrogen) atoms. The highest BCUT2D eigenvalue weighted by atomic mass is 35.5. The van der Waals surface area contributed by atoms with Crippen molar-refractivity contribution in [3.63, 3.8) is 0 Å². The first-order valence-corrected chi connectivity index (χ1v) is 11.4. The molecule has 4 aromatic rings. The van der Waals surface area contributed by atoms with E-state index in [0.717, 1.165) is 28.9 Å². The van der Waals surface area contributed by atoms with Gasteiger partial charge in [-0.25, -0.2) is 4.79 Å². The second kappa shape index (κ2) is 9.21. The number of benzene rings is 3. The highest BCUT2D eigenvalue weighted by Crippen LogP contribution is 2.44. The van der Waals surface area contributed by atoms with Crippen LogP contribution >= 0.6 is 11.6 Å². The highest BCUT2D eigenvalue weighted by Gasteiger charge is 2.35. The Labute approximate surface area is 206 Å². The van der Waals surface area contributed by atoms with E-state index in [2.05, 4.69) is 6.07 Å². The maximum absolute atomic E-state index is 13.1. The first kappa shape index (κ1) is 22.6. The second-order valence-corrected chi connectivity index (χ2v) is 8.69. The molecule has 1 aliphatic heterocycles. The van der Waals surface area contributed by atoms with Gasteiger partial charge in [0, 0.05) is 5.02 Å². The summed E-state index contributed by atoms with van der Waals surface area (Å²) >= 11 is 6.01. The van der Waals surface area contributed by atoms with E-state index in [0.29, 0.717) is 28.2 Å². The van der Waals surface area contributed by atoms with Crippen molar-refractivity contribution in [3.05, 3.63) is 116 Å². The van der Waals surface area contributed by atoms with E-state index in [-0.39, 0.29) is 17.0 Å². The van der Waals surface area contributed by atoms with Crippen molar-refractivity contribution in [2.45, 2.75) is 18.8 Å². The lowest BCUT2D eigenvalue weighted by Gasteiger charge is -2.26. The van der Waals surface area contributed by atoms with Crippen LogP contribution in [0.5, 0.6) is 11.5 Å². The molecule has 1 aliphatic rings. The van der Waals surface area contributed by atoms with E-state index < -0.39 is 11.5 Å². The number of para-hydroxylation sites is 1. The summed E-state index contributed by atoms with van der Waals surface area (Å²) in [5, 5.41) is 11.2. The maximum Gasteiger partial charge on any atom is 0.344 e. The Morgan fingerprint density at radius 1 is 1.09 bits per heavy atom. The van der Waals surface area contributed by atoms with Gasteiger partial charge in [-0.3, -0.25) is 0 Å². The molecule has 1 unspecified atom stereocenters. The molecule has 174 valence electrons. The first-order chi connectivity index (χ1) is 17.0. The standard InChI is InChI=1S/C28H21ClN2O4/c1-33-22-13-10-18(14-17(22)9-6-16-7-11-19(29)12-8-16)24-21(15-30)27(31)35-26-20-4-2-3-5-23(20)34-28(32)25(24)26/h2-5,7-8,10-14,24H,6,9,31H2,1H3. The van der Waals surface area contributed by atoms with Crippen LogP contribution in [0.3, 0.4) is 0 Å². The fourth-order valence-corrected chi connectivity index (χ4v) is 4.63. The predicted molar refractivity (Wildman–Crippen MR) is 134 cm³/mol. The molecule has 1 aromatic heterocycles. The van der Waals surface area contributed by atoms with E-state index >= 15 is 0 Å². The van der Waals surface area contributed by atoms with Crippen molar-refractivity contribution in [2.24, 2.45) is 5.73 Å². The van der Waals surface area contributed by atoms with Crippen LogP contribution in [0.1, 0.15) is 28.2 Å². The largest absolute Gasteiger partial charge is 0.496 e. The summed E-state index contributed by atoms with van der Waals surface area (Å²) < 4.78 is 17.0. The van der Waals surface area contributed by atoms with Crippen molar-refractivity contribution in [2.75, 3.05) is 7.11 Å². The molecule has 0 aliphatic carbocycles. The third-order valence-electron chi connectivity index (χ3n) is 6.21. The number of halogens is 1. The molecular formula is C28H21ClN2O4. The average Bonchev–Trinajstić information content (AvgIpc) is 2.87. The number of fused-ring (bicyclic) bond motifs is 3. The summed E-state index contributed by atoms with van der Waals surface area (Å²) in [6.07, 6.45) is 1.44. The van der Waals surface area contributed by atoms with Gasteiger partial charge in [0.15, 0.2) is 5.75 Å². The Kier molecular flexibility index (Phi) is 5.94. The summed E-state index contributed by atoms with van der Waals surface area (Å²) in [5.74, 6) is 0.275. The maximum atomic E-state index is 13.1. The van der Waals surface area contributed by atoms with Crippen molar-refractivity contribution in [1.29, 1.82) is 5.26 Å². The monoisotopic (exact) mass is 484 g/mol. The van der Waals surface area contributed by atoms with Crippen LogP contribution in [0.2, 0.25) is 5.02 Å². The van der Waals surface area contributed by atoms with Crippen LogP contribution in [0, 0.1) is 11.3 Å². The van der Waals surface area contributed by atoms with Gasteiger partial charge in [-0.1, -0.05) is 48.0 Å². The number of rotatable bonds is 5. The minimum atomic E-state index is -0.732. The summed E-state index contributed by atoms with van der Waals surface area (Å²) in [6.45, 7) is 0. The van der Waals surface area contributed by atoms with E-state index in [9.17, 15) is 10.1 Å². The summed E-state index contributed by atoms with van der Waals surface area (Å²) in [7, 11) is 1.61. The molecule has 0 fully saturated rings. The molecule has 0 amide bonds. The van der Waals surface area contributed by atoms with Crippen LogP contribution in [0.4, 0.5) is 0 Å². The normalized spacial score (nSPS) is 14.8. The number of aryl methyl sites for hydroxylation is 2. The molecule has 7 heteroatoms. The number of ether oxygens (including phenoxy) is 2. The Morgan fingerprint density at radius 2 is 1.86 bits per heavy atom. The second-order valence-electron chi connectivity index (χ2n) is 8.25. The van der Waals surface area contributed by atoms with Gasteiger partial charge < -0.3 is 19.6 Å². The molecule has 3 aromatic carbocycles. The highest BCUT2D eigenvalue weighted by molar-refractivity contribution is 6.30. The van der Waals surface area contributed by atoms with Crippen molar-refractivity contribution in [1.82, 2.24) is 0 Å². The number of nitrogens with zero attached hydrogens (tertiary/aromatic N) is 1. The van der Waals surface area contributed by atoms with Crippen LogP contribution in [-0.2, 0) is 12.8 Å². The Morgan fingerprint density at radius 3 is 2.60 bits per heavy atom. The molecule has 1 atom stereocenters. The summed E-state index contributed by atoms with van der Waals surface area (Å²) in [6, 6.07) is 22.5. The van der Waals surface area contributed by atoms with Crippen LogP contribution in [0.25, 0.3) is 11.0 Å². The van der Waals surface area contributed by atoms with E-state index in [1.807, 2.05) is 48.5 Å². The molecule has 6 nitrogen and oxygen atoms in total. The Bertz CT molecular complexity index is 1570. The number of hydrogen-bond acceptors (Lipinski definition) is 6. The third kappa shape index (κ3) is 4.11. The Balaban J connectivity index is 1.63. The minimum absolute atomic E-state index is 0.0284. The molecule has 2 N–H and O–H groups in total. The fourth-order valence-electron chi connectivity index (χ4n) is 4.50. The van der Waals surface area contributed by atoms with Gasteiger partial charge in [-0.05, 0) is 59.9 Å². The number of methoxy groups -OCH3 is 1. The quantitative estimate of drug-likeness (QED) is 0.378. The molecule has 0 spiro atoms. The number of hydrogen-bond donors (Lipinski definition) is 1. The van der Waals surface area contributed by atoms with Gasteiger partial charge in [-0.2, -0.15) is 5.26 Å². The lowest BCUT2D eigenvalue weighted by atomic mass is 9.83. The molecule has 0 bridgehead atoms. The van der Waals surface area contributed by atoms with Gasteiger partial charge in [0.25, 0.3) is 0 Å². The molecule has 0 saturated heterocycles. The number of allylic oxidation sites excluding steroid dienone is 1. The number of nitriles is 1. The molecule has 0 radical (unpaired) electrons. The first-order valence-electron chi connectivity index (χ1n) is 11.0. The smallest absolute Gasteiger partial charge is 0.344 e. The van der Waals surface area contributed by atoms with Gasteiger partial charge in [0.05, 0.1) is 24.0 Å². The minimum Gasteiger partial charge on any atom is -0.496 e. The molecule has 5 rings (SSSR count). The van der Waals surface area contributed by atoms with Gasteiger partial charge in [0.1, 0.15) is 23.0 Å². The van der Waals surface area contributed by atoms with Crippen molar-refractivity contribution >= 4 is 22.6 Å². The average molecular weight is 485 g/mol. The summed E-state index contributed by atoms with van der Waals surface area (Å²) in [5.41, 5.74) is 9.21. The van der Waals surface area contributed by atoms with Crippen molar-refractivity contribution in [3.8, 4) is 17.6 Å². The lowest BCUT2D eigenvalue weighted by molar-refractivity contribution is 0.388. The zero-order valence-corrected chi connectivity index (χ0v) is 19.6. The predicted octanol–water partition coefficient (Wildman–Crippen LogP) is 5.46. The van der Waals surface area contributed by atoms with E-state index in [4.69, 9.17) is 31.2 Å². The Hall–Kier alpha value is -4.21. The summed E-state index contributed by atoms with van der Waals surface area (Å²) in [4.78, 5) is 13.1. The third-order valence-corrected chi connectivity index (χ3v) is 6.46. The van der Waals surface area contributed by atoms with Gasteiger partial charge >= 0.3 is 5.63 Å². The molecule has 2 heterocycles. The SMILES string of the molecule is COc1ccc(C2C(C#N)=C(N)Oc3c2c(=O)oc2ccccc32)cc1CCc1ccc(Cl)cc1. The van der Waals surface area contributed by atoms with Crippen LogP contribution in [-0.4, -0.2) is 7.11 Å². The topological polar surface area (TPSA) is 98.5 Å². The van der Waals surface area contributed by atoms with E-state index in [1.165, 1.54) is 0 Å². The van der Waals surface area contributed by atoms with Gasteiger partial charge in [0.2, 0.25) is 5.88 Å². The molecular weight excluding hydrogens is 464 g/mol. The van der Waals surface area contributed by atoms with Crippen molar-refractivity contribution < 1.29 is 13.9 Å². The lowest BCUT2D eigenvalue weighted by Crippen LogP contribution is -2.26. The number of nitrogens with two attached hydrogens (primary N) is 1. The zero-order chi connectivity index (χ0) is 24.5. The molecule has 0 saturated carbocycles. The zero-order valence-electron chi connectivity index (χ0n) is 18.9.